The second kappa shape index (κ2) is 5.60. The van der Waals surface area contributed by atoms with E-state index >= 15 is 0 Å². The molecule has 1 aromatic carbocycles. The summed E-state index contributed by atoms with van der Waals surface area (Å²) in [5.74, 6) is -0.340. The first kappa shape index (κ1) is 13.7. The van der Waals surface area contributed by atoms with Crippen molar-refractivity contribution in [3.63, 3.8) is 0 Å². The molecule has 3 rings (SSSR count). The third-order valence-electron chi connectivity index (χ3n) is 4.06. The summed E-state index contributed by atoms with van der Waals surface area (Å²) in [6, 6.07) is 7.47. The van der Waals surface area contributed by atoms with Crippen LogP contribution in [0.25, 0.3) is 10.9 Å². The summed E-state index contributed by atoms with van der Waals surface area (Å²) in [5, 5.41) is 1.06. The smallest absolute Gasteiger partial charge is 0.328 e. The Morgan fingerprint density at radius 3 is 3.00 bits per heavy atom. The van der Waals surface area contributed by atoms with Crippen LogP contribution in [0.3, 0.4) is 0 Å². The average molecular weight is 286 g/mol. The van der Waals surface area contributed by atoms with Gasteiger partial charge in [0.15, 0.2) is 0 Å². The first-order chi connectivity index (χ1) is 10.2. The summed E-state index contributed by atoms with van der Waals surface area (Å²) in [6.45, 7) is 0.626. The topological polar surface area (TPSA) is 62.4 Å². The molecule has 21 heavy (non-hydrogen) atoms. The number of nitrogens with zero attached hydrogens (tertiary/aromatic N) is 1. The lowest BCUT2D eigenvalue weighted by molar-refractivity contribution is -0.150. The molecule has 1 aromatic heterocycles. The number of ether oxygens (including phenoxy) is 1. The minimum atomic E-state index is -0.423. The number of carbonyl (C=O) groups is 2. The van der Waals surface area contributed by atoms with Crippen LogP contribution in [0.2, 0.25) is 0 Å². The molecule has 110 valence electrons. The van der Waals surface area contributed by atoms with E-state index in [1.54, 1.807) is 4.90 Å². The predicted molar refractivity (Wildman–Crippen MR) is 78.8 cm³/mol. The highest BCUT2D eigenvalue weighted by atomic mass is 16.5. The van der Waals surface area contributed by atoms with Gasteiger partial charge in [0.2, 0.25) is 5.91 Å². The molecule has 1 amide bonds. The lowest BCUT2D eigenvalue weighted by Gasteiger charge is -2.22. The van der Waals surface area contributed by atoms with Crippen molar-refractivity contribution in [1.82, 2.24) is 9.88 Å². The number of para-hydroxylation sites is 1. The zero-order chi connectivity index (χ0) is 14.8. The molecule has 1 N–H and O–H groups in total. The first-order valence-corrected chi connectivity index (χ1v) is 7.13. The van der Waals surface area contributed by atoms with Crippen LogP contribution in [0.4, 0.5) is 0 Å². The molecule has 1 aliphatic rings. The maximum absolute atomic E-state index is 12.5. The number of hydrogen-bond donors (Lipinski definition) is 1. The van der Waals surface area contributed by atoms with Crippen molar-refractivity contribution in [3.05, 3.63) is 36.0 Å². The highest BCUT2D eigenvalue weighted by Crippen LogP contribution is 2.22. The molecule has 5 heteroatoms. The Bertz CT molecular complexity index is 677. The van der Waals surface area contributed by atoms with Crippen molar-refractivity contribution in [1.29, 1.82) is 0 Å². The van der Waals surface area contributed by atoms with Gasteiger partial charge in [0.05, 0.1) is 13.5 Å². The van der Waals surface area contributed by atoms with Crippen LogP contribution >= 0.6 is 0 Å². The van der Waals surface area contributed by atoms with E-state index in [0.29, 0.717) is 19.4 Å². The van der Waals surface area contributed by atoms with Gasteiger partial charge in [-0.15, -0.1) is 0 Å². The summed E-state index contributed by atoms with van der Waals surface area (Å²) in [4.78, 5) is 29.0. The third kappa shape index (κ3) is 2.51. The number of nitrogens with one attached hydrogen (secondary N) is 1. The lowest BCUT2D eigenvalue weighted by Crippen LogP contribution is -2.41. The zero-order valence-corrected chi connectivity index (χ0v) is 12.0. The Balaban J connectivity index is 1.78. The van der Waals surface area contributed by atoms with E-state index < -0.39 is 6.04 Å². The fraction of sp³-hybridized carbons (Fsp3) is 0.375. The Morgan fingerprint density at radius 2 is 2.19 bits per heavy atom. The van der Waals surface area contributed by atoms with E-state index in [1.807, 2.05) is 30.5 Å². The normalized spacial score (nSPS) is 18.1. The number of methoxy groups -OCH3 is 1. The van der Waals surface area contributed by atoms with Gasteiger partial charge >= 0.3 is 5.97 Å². The summed E-state index contributed by atoms with van der Waals surface area (Å²) in [6.07, 6.45) is 3.70. The number of likely N-dealkylation sites (tertiary alicyclic amines) is 1. The number of carbonyl (C=O) groups excluding carboxylic acids is 2. The molecule has 2 aromatic rings. The molecule has 0 aliphatic carbocycles. The van der Waals surface area contributed by atoms with Crippen LogP contribution in [0.1, 0.15) is 18.4 Å². The van der Waals surface area contributed by atoms with Gasteiger partial charge < -0.3 is 14.6 Å². The highest BCUT2D eigenvalue weighted by Gasteiger charge is 2.34. The summed E-state index contributed by atoms with van der Waals surface area (Å²) < 4.78 is 4.78. The molecule has 1 saturated heterocycles. The Morgan fingerprint density at radius 1 is 1.38 bits per heavy atom. The van der Waals surface area contributed by atoms with Gasteiger partial charge in [-0.1, -0.05) is 18.2 Å². The van der Waals surface area contributed by atoms with Crippen LogP contribution in [0.5, 0.6) is 0 Å². The standard InChI is InChI=1S/C16H18N2O3/c1-21-16(20)14-7-4-8-18(14)15(19)9-11-10-17-13-6-3-2-5-12(11)13/h2-3,5-6,10,14,17H,4,7-9H2,1H3/t14-/m1/s1. The maximum atomic E-state index is 12.5. The van der Waals surface area contributed by atoms with Gasteiger partial charge in [-0.05, 0) is 24.5 Å². The van der Waals surface area contributed by atoms with Gasteiger partial charge in [-0.2, -0.15) is 0 Å². The number of rotatable bonds is 3. The van der Waals surface area contributed by atoms with E-state index in [0.717, 1.165) is 22.9 Å². The Kier molecular flexibility index (Phi) is 3.64. The van der Waals surface area contributed by atoms with Crippen LogP contribution < -0.4 is 0 Å². The molecular formula is C16H18N2O3. The molecule has 2 heterocycles. The molecule has 1 atom stereocenters. The summed E-state index contributed by atoms with van der Waals surface area (Å²) >= 11 is 0. The molecule has 5 nitrogen and oxygen atoms in total. The maximum Gasteiger partial charge on any atom is 0.328 e. The molecular weight excluding hydrogens is 268 g/mol. The number of aromatic amines is 1. The second-order valence-electron chi connectivity index (χ2n) is 5.30. The molecule has 0 bridgehead atoms. The van der Waals surface area contributed by atoms with Gasteiger partial charge in [0.1, 0.15) is 6.04 Å². The number of esters is 1. The van der Waals surface area contributed by atoms with Crippen molar-refractivity contribution in [3.8, 4) is 0 Å². The molecule has 0 radical (unpaired) electrons. The minimum absolute atomic E-state index is 0.0207. The molecule has 0 unspecified atom stereocenters. The van der Waals surface area contributed by atoms with Crippen LogP contribution in [0, 0.1) is 0 Å². The van der Waals surface area contributed by atoms with E-state index in [4.69, 9.17) is 4.74 Å². The number of aromatic nitrogens is 1. The quantitative estimate of drug-likeness (QED) is 0.876. The van der Waals surface area contributed by atoms with Crippen LogP contribution in [0.15, 0.2) is 30.5 Å². The molecule has 0 spiro atoms. The van der Waals surface area contributed by atoms with E-state index in [-0.39, 0.29) is 11.9 Å². The number of fused-ring (bicyclic) bond motifs is 1. The fourth-order valence-electron chi connectivity index (χ4n) is 2.99. The van der Waals surface area contributed by atoms with E-state index in [9.17, 15) is 9.59 Å². The zero-order valence-electron chi connectivity index (χ0n) is 12.0. The predicted octanol–water partition coefficient (Wildman–Crippen LogP) is 1.87. The van der Waals surface area contributed by atoms with Gasteiger partial charge in [-0.25, -0.2) is 4.79 Å². The van der Waals surface area contributed by atoms with Crippen molar-refractivity contribution in [2.24, 2.45) is 0 Å². The van der Waals surface area contributed by atoms with Crippen molar-refractivity contribution in [2.45, 2.75) is 25.3 Å². The molecule has 1 fully saturated rings. The fourth-order valence-corrected chi connectivity index (χ4v) is 2.99. The lowest BCUT2D eigenvalue weighted by atomic mass is 10.1. The SMILES string of the molecule is COC(=O)[C@H]1CCCN1C(=O)Cc1c[nH]c2ccccc12. The van der Waals surface area contributed by atoms with Crippen molar-refractivity contribution >= 4 is 22.8 Å². The average Bonchev–Trinajstić information content (AvgIpc) is 3.14. The number of hydrogen-bond acceptors (Lipinski definition) is 3. The second-order valence-corrected chi connectivity index (χ2v) is 5.30. The van der Waals surface area contributed by atoms with Gasteiger partial charge in [-0.3, -0.25) is 4.79 Å². The largest absolute Gasteiger partial charge is 0.467 e. The van der Waals surface area contributed by atoms with Crippen molar-refractivity contribution < 1.29 is 14.3 Å². The van der Waals surface area contributed by atoms with Gasteiger partial charge in [0.25, 0.3) is 0 Å². The van der Waals surface area contributed by atoms with E-state index in [2.05, 4.69) is 4.98 Å². The highest BCUT2D eigenvalue weighted by molar-refractivity contribution is 5.91. The molecule has 1 aliphatic heterocycles. The monoisotopic (exact) mass is 286 g/mol. The summed E-state index contributed by atoms with van der Waals surface area (Å²) in [5.41, 5.74) is 1.98. The first-order valence-electron chi connectivity index (χ1n) is 7.13. The summed E-state index contributed by atoms with van der Waals surface area (Å²) in [7, 11) is 1.36. The Labute approximate surface area is 122 Å². The van der Waals surface area contributed by atoms with Gasteiger partial charge in [0, 0.05) is 23.6 Å². The molecule has 0 saturated carbocycles. The number of H-pyrrole nitrogens is 1. The van der Waals surface area contributed by atoms with Crippen LogP contribution in [-0.4, -0.2) is 41.5 Å². The van der Waals surface area contributed by atoms with Crippen LogP contribution in [-0.2, 0) is 20.7 Å². The number of amides is 1. The van der Waals surface area contributed by atoms with Crippen molar-refractivity contribution in [2.75, 3.05) is 13.7 Å². The van der Waals surface area contributed by atoms with E-state index in [1.165, 1.54) is 7.11 Å². The number of benzene rings is 1. The Hall–Kier alpha value is -2.30. The minimum Gasteiger partial charge on any atom is -0.467 e. The third-order valence-corrected chi connectivity index (χ3v) is 4.06.